The van der Waals surface area contributed by atoms with Gasteiger partial charge in [-0.15, -0.1) is 0 Å². The van der Waals surface area contributed by atoms with Crippen molar-refractivity contribution in [2.75, 3.05) is 6.54 Å². The number of carbonyl (C=O) groups is 1. The maximum Gasteiger partial charge on any atom is 0.418 e. The summed E-state index contributed by atoms with van der Waals surface area (Å²) >= 11 is 0. The number of alkyl halides is 3. The average Bonchev–Trinajstić information content (AvgIpc) is 2.77. The normalized spacial score (nSPS) is 15.2. The Kier molecular flexibility index (Phi) is 5.99. The second kappa shape index (κ2) is 8.69. The van der Waals surface area contributed by atoms with Crippen LogP contribution in [0.15, 0.2) is 48.5 Å². The SMILES string of the molecule is Cc1cc(C(=O)NCC2CCCCC2)nc2c(C(F)(F)F)cc(-c3ccccc3)cc12. The van der Waals surface area contributed by atoms with E-state index in [0.29, 0.717) is 34.5 Å². The summed E-state index contributed by atoms with van der Waals surface area (Å²) < 4.78 is 41.8. The zero-order valence-corrected chi connectivity index (χ0v) is 17.4. The summed E-state index contributed by atoms with van der Waals surface area (Å²) in [6.45, 7) is 2.26. The first kappa shape index (κ1) is 21.3. The molecule has 0 aliphatic heterocycles. The largest absolute Gasteiger partial charge is 0.418 e. The second-order valence-electron chi connectivity index (χ2n) is 8.32. The number of rotatable bonds is 4. The van der Waals surface area contributed by atoms with Crippen LogP contribution in [0.2, 0.25) is 0 Å². The van der Waals surface area contributed by atoms with Crippen LogP contribution in [0.4, 0.5) is 13.2 Å². The lowest BCUT2D eigenvalue weighted by Crippen LogP contribution is -2.31. The number of amides is 1. The molecule has 0 saturated heterocycles. The van der Waals surface area contributed by atoms with Crippen LogP contribution in [0, 0.1) is 12.8 Å². The third-order valence-corrected chi connectivity index (χ3v) is 6.04. The Bertz CT molecular complexity index is 1090. The third kappa shape index (κ3) is 4.73. The number of carbonyl (C=O) groups excluding carboxylic acids is 1. The minimum absolute atomic E-state index is 0.0266. The van der Waals surface area contributed by atoms with Crippen molar-refractivity contribution in [2.45, 2.75) is 45.2 Å². The van der Waals surface area contributed by atoms with E-state index < -0.39 is 17.6 Å². The molecular formula is C25H25F3N2O. The van der Waals surface area contributed by atoms with E-state index in [9.17, 15) is 18.0 Å². The molecule has 31 heavy (non-hydrogen) atoms. The van der Waals surface area contributed by atoms with Gasteiger partial charge >= 0.3 is 6.18 Å². The summed E-state index contributed by atoms with van der Waals surface area (Å²) in [4.78, 5) is 16.8. The second-order valence-corrected chi connectivity index (χ2v) is 8.32. The molecule has 0 atom stereocenters. The van der Waals surface area contributed by atoms with Gasteiger partial charge in [-0.25, -0.2) is 4.98 Å². The monoisotopic (exact) mass is 426 g/mol. The molecule has 0 bridgehead atoms. The Morgan fingerprint density at radius 2 is 1.74 bits per heavy atom. The molecule has 1 fully saturated rings. The van der Waals surface area contributed by atoms with Crippen LogP contribution in [-0.2, 0) is 6.18 Å². The zero-order valence-electron chi connectivity index (χ0n) is 17.4. The molecular weight excluding hydrogens is 401 g/mol. The van der Waals surface area contributed by atoms with E-state index in [2.05, 4.69) is 10.3 Å². The number of benzene rings is 2. The van der Waals surface area contributed by atoms with Gasteiger partial charge in [-0.2, -0.15) is 13.2 Å². The lowest BCUT2D eigenvalue weighted by molar-refractivity contribution is -0.136. The van der Waals surface area contributed by atoms with Crippen LogP contribution < -0.4 is 5.32 Å². The first-order valence-electron chi connectivity index (χ1n) is 10.7. The van der Waals surface area contributed by atoms with Crippen LogP contribution in [0.3, 0.4) is 0 Å². The van der Waals surface area contributed by atoms with Gasteiger partial charge in [0.2, 0.25) is 0 Å². The summed E-state index contributed by atoms with van der Waals surface area (Å²) in [5.41, 5.74) is 0.780. The van der Waals surface area contributed by atoms with Crippen molar-refractivity contribution in [3.05, 3.63) is 65.4 Å². The highest BCUT2D eigenvalue weighted by atomic mass is 19.4. The molecule has 1 amide bonds. The number of fused-ring (bicyclic) bond motifs is 1. The first-order valence-corrected chi connectivity index (χ1v) is 10.7. The molecule has 1 aliphatic carbocycles. The average molecular weight is 426 g/mol. The Morgan fingerprint density at radius 1 is 1.03 bits per heavy atom. The molecule has 0 unspecified atom stereocenters. The molecule has 162 valence electrons. The number of nitrogens with one attached hydrogen (secondary N) is 1. The zero-order chi connectivity index (χ0) is 22.0. The number of pyridine rings is 1. The fourth-order valence-electron chi connectivity index (χ4n) is 4.34. The van der Waals surface area contributed by atoms with Gasteiger partial charge < -0.3 is 5.32 Å². The fourth-order valence-corrected chi connectivity index (χ4v) is 4.34. The van der Waals surface area contributed by atoms with Crippen molar-refractivity contribution < 1.29 is 18.0 Å². The molecule has 1 heterocycles. The minimum atomic E-state index is -4.58. The molecule has 1 aromatic heterocycles. The van der Waals surface area contributed by atoms with Crippen molar-refractivity contribution in [1.29, 1.82) is 0 Å². The highest BCUT2D eigenvalue weighted by Crippen LogP contribution is 2.38. The summed E-state index contributed by atoms with van der Waals surface area (Å²) in [7, 11) is 0. The van der Waals surface area contributed by atoms with E-state index in [1.165, 1.54) is 6.42 Å². The molecule has 1 saturated carbocycles. The van der Waals surface area contributed by atoms with Crippen LogP contribution >= 0.6 is 0 Å². The molecule has 3 nitrogen and oxygen atoms in total. The maximum absolute atomic E-state index is 13.9. The lowest BCUT2D eigenvalue weighted by atomic mass is 9.89. The van der Waals surface area contributed by atoms with Gasteiger partial charge in [0.1, 0.15) is 5.69 Å². The number of nitrogens with zero attached hydrogens (tertiary/aromatic N) is 1. The van der Waals surface area contributed by atoms with Crippen molar-refractivity contribution in [3.8, 4) is 11.1 Å². The summed E-state index contributed by atoms with van der Waals surface area (Å²) in [6, 6.07) is 13.4. The number of halogens is 3. The fraction of sp³-hybridized carbons (Fsp3) is 0.360. The van der Waals surface area contributed by atoms with E-state index in [4.69, 9.17) is 0 Å². The highest BCUT2D eigenvalue weighted by Gasteiger charge is 2.34. The predicted molar refractivity (Wildman–Crippen MR) is 116 cm³/mol. The molecule has 6 heteroatoms. The van der Waals surface area contributed by atoms with Crippen LogP contribution in [-0.4, -0.2) is 17.4 Å². The lowest BCUT2D eigenvalue weighted by Gasteiger charge is -2.21. The third-order valence-electron chi connectivity index (χ3n) is 6.04. The molecule has 1 aliphatic rings. The standard InChI is InChI=1S/C25H25F3N2O/c1-16-12-22(24(31)29-15-17-8-4-2-5-9-17)30-23-20(16)13-19(14-21(23)25(26,27)28)18-10-6-3-7-11-18/h3,6-7,10-14,17H,2,4-5,8-9,15H2,1H3,(H,29,31). The summed E-state index contributed by atoms with van der Waals surface area (Å²) in [5.74, 6) is 0.00857. The Labute approximate surface area is 179 Å². The van der Waals surface area contributed by atoms with Gasteiger partial charge in [-0.05, 0) is 60.6 Å². The van der Waals surface area contributed by atoms with E-state index in [1.807, 2.05) is 6.07 Å². The first-order chi connectivity index (χ1) is 14.8. The van der Waals surface area contributed by atoms with Gasteiger partial charge in [0.15, 0.2) is 0 Å². The van der Waals surface area contributed by atoms with E-state index in [1.54, 1.807) is 43.3 Å². The van der Waals surface area contributed by atoms with E-state index >= 15 is 0 Å². The smallest absolute Gasteiger partial charge is 0.350 e. The highest BCUT2D eigenvalue weighted by molar-refractivity contribution is 5.98. The van der Waals surface area contributed by atoms with Crippen molar-refractivity contribution >= 4 is 16.8 Å². The molecule has 1 N–H and O–H groups in total. The number of hydrogen-bond donors (Lipinski definition) is 1. The Balaban J connectivity index is 1.72. The Hall–Kier alpha value is -2.89. The van der Waals surface area contributed by atoms with Crippen LogP contribution in [0.5, 0.6) is 0 Å². The van der Waals surface area contributed by atoms with Gasteiger partial charge in [-0.3, -0.25) is 4.79 Å². The van der Waals surface area contributed by atoms with Gasteiger partial charge in [0, 0.05) is 11.9 Å². The topological polar surface area (TPSA) is 42.0 Å². The van der Waals surface area contributed by atoms with Crippen molar-refractivity contribution in [1.82, 2.24) is 10.3 Å². The van der Waals surface area contributed by atoms with E-state index in [-0.39, 0.29) is 11.2 Å². The van der Waals surface area contributed by atoms with E-state index in [0.717, 1.165) is 31.7 Å². The van der Waals surface area contributed by atoms with Crippen LogP contribution in [0.1, 0.15) is 53.7 Å². The number of hydrogen-bond acceptors (Lipinski definition) is 2. The number of aryl methyl sites for hydroxylation is 1. The molecule has 3 aromatic rings. The minimum Gasteiger partial charge on any atom is -0.350 e. The molecule has 2 aromatic carbocycles. The molecule has 0 spiro atoms. The van der Waals surface area contributed by atoms with Crippen LogP contribution in [0.25, 0.3) is 22.0 Å². The number of aromatic nitrogens is 1. The van der Waals surface area contributed by atoms with Gasteiger partial charge in [-0.1, -0.05) is 49.6 Å². The van der Waals surface area contributed by atoms with Gasteiger partial charge in [0.25, 0.3) is 5.91 Å². The summed E-state index contributed by atoms with van der Waals surface area (Å²) in [5, 5.41) is 3.27. The van der Waals surface area contributed by atoms with Crippen molar-refractivity contribution in [2.24, 2.45) is 5.92 Å². The predicted octanol–water partition coefficient (Wildman–Crippen LogP) is 6.54. The quantitative estimate of drug-likeness (QED) is 0.515. The summed E-state index contributed by atoms with van der Waals surface area (Å²) in [6.07, 6.45) is 1.11. The molecule has 0 radical (unpaired) electrons. The molecule has 4 rings (SSSR count). The Morgan fingerprint density at radius 3 is 2.42 bits per heavy atom. The van der Waals surface area contributed by atoms with Crippen molar-refractivity contribution in [3.63, 3.8) is 0 Å². The van der Waals surface area contributed by atoms with Gasteiger partial charge in [0.05, 0.1) is 11.1 Å². The maximum atomic E-state index is 13.9.